The largest absolute Gasteiger partial charge is 0.466 e. The fourth-order valence-corrected chi connectivity index (χ4v) is 2.23. The molecule has 0 saturated heterocycles. The van der Waals surface area contributed by atoms with E-state index in [0.717, 1.165) is 19.4 Å². The highest BCUT2D eigenvalue weighted by atomic mass is 16.5. The fraction of sp³-hybridized carbons (Fsp3) is 0.857. The first-order valence-corrected chi connectivity index (χ1v) is 7.08. The Morgan fingerprint density at radius 1 is 1.21 bits per heavy atom. The van der Waals surface area contributed by atoms with Crippen LogP contribution in [0.5, 0.6) is 0 Å². The van der Waals surface area contributed by atoms with Gasteiger partial charge in [0.2, 0.25) is 5.91 Å². The molecule has 0 aromatic carbocycles. The fourth-order valence-electron chi connectivity index (χ4n) is 2.23. The van der Waals surface area contributed by atoms with Crippen LogP contribution in [-0.4, -0.2) is 49.7 Å². The third-order valence-electron chi connectivity index (χ3n) is 3.44. The normalized spacial score (nSPS) is 21.6. The van der Waals surface area contributed by atoms with Crippen molar-refractivity contribution in [2.45, 2.75) is 45.6 Å². The van der Waals surface area contributed by atoms with Crippen LogP contribution in [0, 0.1) is 5.92 Å². The molecule has 1 rings (SSSR count). The van der Waals surface area contributed by atoms with Gasteiger partial charge < -0.3 is 14.4 Å². The Labute approximate surface area is 115 Å². The minimum Gasteiger partial charge on any atom is -0.466 e. The zero-order valence-corrected chi connectivity index (χ0v) is 12.2. The Hall–Kier alpha value is -1.10. The Balaban J connectivity index is 2.14. The van der Waals surface area contributed by atoms with Crippen LogP contribution in [0.4, 0.5) is 0 Å². The van der Waals surface area contributed by atoms with Gasteiger partial charge in [0, 0.05) is 26.6 Å². The van der Waals surface area contributed by atoms with Gasteiger partial charge in [-0.05, 0) is 32.6 Å². The number of amides is 1. The molecule has 110 valence electrons. The summed E-state index contributed by atoms with van der Waals surface area (Å²) < 4.78 is 10.3. The van der Waals surface area contributed by atoms with Crippen molar-refractivity contribution in [1.29, 1.82) is 0 Å². The van der Waals surface area contributed by atoms with E-state index in [1.807, 2.05) is 6.92 Å². The molecule has 1 fully saturated rings. The van der Waals surface area contributed by atoms with E-state index in [4.69, 9.17) is 9.47 Å². The van der Waals surface area contributed by atoms with E-state index in [0.29, 0.717) is 31.6 Å². The maximum absolute atomic E-state index is 11.9. The van der Waals surface area contributed by atoms with Gasteiger partial charge in [-0.25, -0.2) is 0 Å². The molecule has 1 amide bonds. The molecule has 1 aliphatic carbocycles. The second-order valence-corrected chi connectivity index (χ2v) is 4.99. The standard InChI is InChI=1S/C14H25NO4/c1-4-18-12-8-11(9-12)10-13(16)15(3)7-6-14(17)19-5-2/h11-12H,4-10H2,1-3H3. The third kappa shape index (κ3) is 5.59. The third-order valence-corrected chi connectivity index (χ3v) is 3.44. The van der Waals surface area contributed by atoms with Gasteiger partial charge in [0.1, 0.15) is 0 Å². The summed E-state index contributed by atoms with van der Waals surface area (Å²) in [5.74, 6) is 0.292. The lowest BCUT2D eigenvalue weighted by Crippen LogP contribution is -2.37. The van der Waals surface area contributed by atoms with Crippen molar-refractivity contribution in [1.82, 2.24) is 4.90 Å². The van der Waals surface area contributed by atoms with Gasteiger partial charge in [-0.15, -0.1) is 0 Å². The molecule has 5 heteroatoms. The Morgan fingerprint density at radius 3 is 2.47 bits per heavy atom. The van der Waals surface area contributed by atoms with Gasteiger partial charge >= 0.3 is 5.97 Å². The molecule has 0 heterocycles. The van der Waals surface area contributed by atoms with E-state index in [1.54, 1.807) is 18.9 Å². The van der Waals surface area contributed by atoms with E-state index in [9.17, 15) is 9.59 Å². The molecule has 0 radical (unpaired) electrons. The smallest absolute Gasteiger partial charge is 0.307 e. The molecular formula is C14H25NO4. The lowest BCUT2D eigenvalue weighted by atomic mass is 9.80. The molecule has 0 N–H and O–H groups in total. The molecule has 19 heavy (non-hydrogen) atoms. The molecule has 0 aromatic heterocycles. The van der Waals surface area contributed by atoms with Gasteiger partial charge in [-0.3, -0.25) is 9.59 Å². The molecule has 0 unspecified atom stereocenters. The highest BCUT2D eigenvalue weighted by molar-refractivity contribution is 5.77. The molecule has 0 atom stereocenters. The minimum atomic E-state index is -0.248. The molecule has 1 aliphatic rings. The van der Waals surface area contributed by atoms with E-state index < -0.39 is 0 Å². The van der Waals surface area contributed by atoms with Crippen LogP contribution in [0.25, 0.3) is 0 Å². The summed E-state index contributed by atoms with van der Waals surface area (Å²) >= 11 is 0. The summed E-state index contributed by atoms with van der Waals surface area (Å²) in [5, 5.41) is 0. The Kier molecular flexibility index (Phi) is 6.84. The quantitative estimate of drug-likeness (QED) is 0.629. The van der Waals surface area contributed by atoms with Crippen molar-refractivity contribution in [3.8, 4) is 0 Å². The number of carbonyl (C=O) groups is 2. The lowest BCUT2D eigenvalue weighted by Gasteiger charge is -2.35. The van der Waals surface area contributed by atoms with Gasteiger partial charge in [-0.1, -0.05) is 0 Å². The first-order chi connectivity index (χ1) is 9.06. The van der Waals surface area contributed by atoms with Crippen molar-refractivity contribution >= 4 is 11.9 Å². The van der Waals surface area contributed by atoms with E-state index >= 15 is 0 Å². The van der Waals surface area contributed by atoms with Crippen molar-refractivity contribution < 1.29 is 19.1 Å². The second kappa shape index (κ2) is 8.15. The summed E-state index contributed by atoms with van der Waals surface area (Å²) in [4.78, 5) is 24.7. The summed E-state index contributed by atoms with van der Waals surface area (Å²) in [6.07, 6.45) is 3.12. The summed E-state index contributed by atoms with van der Waals surface area (Å²) in [6.45, 7) is 5.32. The summed E-state index contributed by atoms with van der Waals surface area (Å²) in [5.41, 5.74) is 0. The molecule has 0 spiro atoms. The lowest BCUT2D eigenvalue weighted by molar-refractivity contribution is -0.144. The monoisotopic (exact) mass is 271 g/mol. The highest BCUT2D eigenvalue weighted by Gasteiger charge is 2.31. The summed E-state index contributed by atoms with van der Waals surface area (Å²) in [7, 11) is 1.74. The van der Waals surface area contributed by atoms with E-state index in [1.165, 1.54) is 0 Å². The predicted molar refractivity (Wildman–Crippen MR) is 71.6 cm³/mol. The Morgan fingerprint density at radius 2 is 1.89 bits per heavy atom. The maximum atomic E-state index is 11.9. The molecular weight excluding hydrogens is 246 g/mol. The minimum absolute atomic E-state index is 0.101. The second-order valence-electron chi connectivity index (χ2n) is 4.99. The number of nitrogens with zero attached hydrogens (tertiary/aromatic N) is 1. The summed E-state index contributed by atoms with van der Waals surface area (Å²) in [6, 6.07) is 0. The average molecular weight is 271 g/mol. The van der Waals surface area contributed by atoms with Crippen LogP contribution in [0.15, 0.2) is 0 Å². The first kappa shape index (κ1) is 16.0. The number of rotatable bonds is 8. The number of esters is 1. The van der Waals surface area contributed by atoms with E-state index in [-0.39, 0.29) is 18.3 Å². The predicted octanol–water partition coefficient (Wildman–Crippen LogP) is 1.60. The number of ether oxygens (including phenoxy) is 2. The molecule has 0 aromatic rings. The topological polar surface area (TPSA) is 55.8 Å². The molecule has 0 aliphatic heterocycles. The van der Waals surface area contributed by atoms with Crippen LogP contribution in [0.3, 0.4) is 0 Å². The average Bonchev–Trinajstić information content (AvgIpc) is 2.33. The maximum Gasteiger partial charge on any atom is 0.307 e. The van der Waals surface area contributed by atoms with Crippen molar-refractivity contribution in [2.75, 3.05) is 26.8 Å². The van der Waals surface area contributed by atoms with E-state index in [2.05, 4.69) is 0 Å². The first-order valence-electron chi connectivity index (χ1n) is 7.08. The SMILES string of the molecule is CCOC(=O)CCN(C)C(=O)CC1CC(OCC)C1. The highest BCUT2D eigenvalue weighted by Crippen LogP contribution is 2.32. The number of hydrogen-bond donors (Lipinski definition) is 0. The van der Waals surface area contributed by atoms with Crippen LogP contribution in [-0.2, 0) is 19.1 Å². The number of carbonyl (C=O) groups excluding carboxylic acids is 2. The van der Waals surface area contributed by atoms with Gasteiger partial charge in [0.05, 0.1) is 19.1 Å². The van der Waals surface area contributed by atoms with Gasteiger partial charge in [-0.2, -0.15) is 0 Å². The van der Waals surface area contributed by atoms with Crippen LogP contribution < -0.4 is 0 Å². The van der Waals surface area contributed by atoms with Crippen molar-refractivity contribution in [3.05, 3.63) is 0 Å². The van der Waals surface area contributed by atoms with Gasteiger partial charge in [0.25, 0.3) is 0 Å². The van der Waals surface area contributed by atoms with Crippen LogP contribution in [0.1, 0.15) is 39.5 Å². The molecule has 5 nitrogen and oxygen atoms in total. The van der Waals surface area contributed by atoms with Gasteiger partial charge in [0.15, 0.2) is 0 Å². The zero-order chi connectivity index (χ0) is 14.3. The van der Waals surface area contributed by atoms with Crippen molar-refractivity contribution in [2.24, 2.45) is 5.92 Å². The van der Waals surface area contributed by atoms with Crippen LogP contribution in [0.2, 0.25) is 0 Å². The van der Waals surface area contributed by atoms with Crippen molar-refractivity contribution in [3.63, 3.8) is 0 Å². The zero-order valence-electron chi connectivity index (χ0n) is 12.2. The van der Waals surface area contributed by atoms with Crippen LogP contribution >= 0.6 is 0 Å². The Bertz CT molecular complexity index is 300. The number of hydrogen-bond acceptors (Lipinski definition) is 4. The molecule has 0 bridgehead atoms. The molecule has 1 saturated carbocycles.